The molecule has 0 saturated carbocycles. The lowest BCUT2D eigenvalue weighted by atomic mass is 10.2. The molecule has 0 bridgehead atoms. The fourth-order valence-corrected chi connectivity index (χ4v) is 1.85. The van der Waals surface area contributed by atoms with Gasteiger partial charge in [-0.1, -0.05) is 23.2 Å². The molecule has 90 valence electrons. The van der Waals surface area contributed by atoms with Crippen LogP contribution in [0.2, 0.25) is 10.0 Å². The summed E-state index contributed by atoms with van der Waals surface area (Å²) in [6.45, 7) is 3.06. The first kappa shape index (κ1) is 12.4. The van der Waals surface area contributed by atoms with Gasteiger partial charge in [-0.25, -0.2) is 4.98 Å². The Morgan fingerprint density at radius 2 is 2.12 bits per heavy atom. The summed E-state index contributed by atoms with van der Waals surface area (Å²) < 4.78 is 5.34. The quantitative estimate of drug-likeness (QED) is 0.923. The Kier molecular flexibility index (Phi) is 4.05. The van der Waals surface area contributed by atoms with Crippen LogP contribution in [-0.2, 0) is 13.1 Å². The standard InChI is InChI=1S/C12H12Cl2N2O/c1-8-5-16-12(17-8)7-15-6-9-4-10(13)2-3-11(9)14/h2-5,15H,6-7H2,1H3. The summed E-state index contributed by atoms with van der Waals surface area (Å²) in [6, 6.07) is 5.40. The lowest BCUT2D eigenvalue weighted by Gasteiger charge is -2.05. The van der Waals surface area contributed by atoms with Gasteiger partial charge >= 0.3 is 0 Å². The number of benzene rings is 1. The van der Waals surface area contributed by atoms with E-state index in [1.165, 1.54) is 0 Å². The Balaban J connectivity index is 1.91. The second kappa shape index (κ2) is 5.54. The van der Waals surface area contributed by atoms with Crippen LogP contribution in [0.15, 0.2) is 28.8 Å². The molecule has 1 aromatic carbocycles. The molecule has 0 aliphatic rings. The maximum Gasteiger partial charge on any atom is 0.208 e. The number of oxazole rings is 1. The van der Waals surface area contributed by atoms with Gasteiger partial charge in [0.15, 0.2) is 0 Å². The van der Waals surface area contributed by atoms with E-state index in [1.54, 1.807) is 18.3 Å². The molecule has 1 aromatic heterocycles. The van der Waals surface area contributed by atoms with Crippen molar-refractivity contribution in [1.29, 1.82) is 0 Å². The summed E-state index contributed by atoms with van der Waals surface area (Å²) in [5, 5.41) is 4.58. The Morgan fingerprint density at radius 3 is 2.82 bits per heavy atom. The van der Waals surface area contributed by atoms with E-state index in [-0.39, 0.29) is 0 Å². The minimum absolute atomic E-state index is 0.566. The van der Waals surface area contributed by atoms with Gasteiger partial charge in [-0.2, -0.15) is 0 Å². The van der Waals surface area contributed by atoms with Crippen LogP contribution in [0.25, 0.3) is 0 Å². The Morgan fingerprint density at radius 1 is 1.29 bits per heavy atom. The van der Waals surface area contributed by atoms with E-state index in [4.69, 9.17) is 27.6 Å². The summed E-state index contributed by atoms with van der Waals surface area (Å²) >= 11 is 11.9. The maximum atomic E-state index is 6.04. The number of rotatable bonds is 4. The third-order valence-electron chi connectivity index (χ3n) is 2.27. The van der Waals surface area contributed by atoms with E-state index in [0.717, 1.165) is 11.3 Å². The van der Waals surface area contributed by atoms with Gasteiger partial charge in [-0.15, -0.1) is 0 Å². The van der Waals surface area contributed by atoms with Gasteiger partial charge in [-0.05, 0) is 30.7 Å². The molecule has 2 rings (SSSR count). The van der Waals surface area contributed by atoms with E-state index in [0.29, 0.717) is 29.0 Å². The third kappa shape index (κ3) is 3.46. The second-order valence-corrected chi connectivity index (χ2v) is 4.55. The molecule has 0 aliphatic carbocycles. The molecule has 0 radical (unpaired) electrons. The number of nitrogens with zero attached hydrogens (tertiary/aromatic N) is 1. The first-order valence-corrected chi connectivity index (χ1v) is 5.96. The summed E-state index contributed by atoms with van der Waals surface area (Å²) in [5.41, 5.74) is 0.961. The van der Waals surface area contributed by atoms with E-state index in [1.807, 2.05) is 13.0 Å². The molecule has 0 aliphatic heterocycles. The number of halogens is 2. The SMILES string of the molecule is Cc1cnc(CNCc2cc(Cl)ccc2Cl)o1. The number of nitrogens with one attached hydrogen (secondary N) is 1. The maximum absolute atomic E-state index is 6.04. The predicted molar refractivity (Wildman–Crippen MR) is 68.2 cm³/mol. The molecule has 0 unspecified atom stereocenters. The van der Waals surface area contributed by atoms with Crippen LogP contribution >= 0.6 is 23.2 Å². The molecule has 3 nitrogen and oxygen atoms in total. The van der Waals surface area contributed by atoms with Gasteiger partial charge < -0.3 is 9.73 Å². The van der Waals surface area contributed by atoms with Crippen LogP contribution in [0, 0.1) is 6.92 Å². The van der Waals surface area contributed by atoms with Crippen LogP contribution < -0.4 is 5.32 Å². The molecule has 2 aromatic rings. The van der Waals surface area contributed by atoms with Crippen LogP contribution in [-0.4, -0.2) is 4.98 Å². The Labute approximate surface area is 110 Å². The van der Waals surface area contributed by atoms with Crippen molar-refractivity contribution in [1.82, 2.24) is 10.3 Å². The zero-order chi connectivity index (χ0) is 12.3. The van der Waals surface area contributed by atoms with Crippen molar-refractivity contribution in [2.75, 3.05) is 0 Å². The topological polar surface area (TPSA) is 38.1 Å². The minimum Gasteiger partial charge on any atom is -0.445 e. The summed E-state index contributed by atoms with van der Waals surface area (Å²) in [5.74, 6) is 1.48. The van der Waals surface area contributed by atoms with Crippen LogP contribution in [0.1, 0.15) is 17.2 Å². The average molecular weight is 271 g/mol. The molecule has 0 atom stereocenters. The van der Waals surface area contributed by atoms with E-state index in [9.17, 15) is 0 Å². The van der Waals surface area contributed by atoms with Gasteiger partial charge in [0.2, 0.25) is 5.89 Å². The first-order chi connectivity index (χ1) is 8.15. The Hall–Kier alpha value is -1.03. The van der Waals surface area contributed by atoms with Crippen LogP contribution in [0.4, 0.5) is 0 Å². The van der Waals surface area contributed by atoms with Crippen molar-refractivity contribution >= 4 is 23.2 Å². The lowest BCUT2D eigenvalue weighted by molar-refractivity contribution is 0.449. The molecular formula is C12H12Cl2N2O. The van der Waals surface area contributed by atoms with Gasteiger partial charge in [-0.3, -0.25) is 0 Å². The summed E-state index contributed by atoms with van der Waals surface area (Å²) in [4.78, 5) is 4.10. The van der Waals surface area contributed by atoms with E-state index < -0.39 is 0 Å². The fraction of sp³-hybridized carbons (Fsp3) is 0.250. The van der Waals surface area contributed by atoms with Crippen molar-refractivity contribution < 1.29 is 4.42 Å². The minimum atomic E-state index is 0.566. The molecule has 0 spiro atoms. The highest BCUT2D eigenvalue weighted by atomic mass is 35.5. The van der Waals surface area contributed by atoms with Crippen molar-refractivity contribution in [3.63, 3.8) is 0 Å². The average Bonchev–Trinajstić information content (AvgIpc) is 2.69. The van der Waals surface area contributed by atoms with Crippen molar-refractivity contribution in [3.8, 4) is 0 Å². The number of aryl methyl sites for hydroxylation is 1. The summed E-state index contributed by atoms with van der Waals surface area (Å²) in [6.07, 6.45) is 1.70. The van der Waals surface area contributed by atoms with Gasteiger partial charge in [0, 0.05) is 16.6 Å². The van der Waals surface area contributed by atoms with Crippen molar-refractivity contribution in [2.45, 2.75) is 20.0 Å². The van der Waals surface area contributed by atoms with E-state index in [2.05, 4.69) is 10.3 Å². The zero-order valence-electron chi connectivity index (χ0n) is 9.34. The molecule has 5 heteroatoms. The van der Waals surface area contributed by atoms with Crippen LogP contribution in [0.3, 0.4) is 0 Å². The highest BCUT2D eigenvalue weighted by molar-refractivity contribution is 6.33. The smallest absolute Gasteiger partial charge is 0.208 e. The molecule has 0 amide bonds. The molecule has 17 heavy (non-hydrogen) atoms. The van der Waals surface area contributed by atoms with E-state index >= 15 is 0 Å². The number of hydrogen-bond acceptors (Lipinski definition) is 3. The van der Waals surface area contributed by atoms with Gasteiger partial charge in [0.05, 0.1) is 12.7 Å². The zero-order valence-corrected chi connectivity index (χ0v) is 10.8. The second-order valence-electron chi connectivity index (χ2n) is 3.70. The van der Waals surface area contributed by atoms with Crippen LogP contribution in [0.5, 0.6) is 0 Å². The van der Waals surface area contributed by atoms with Gasteiger partial charge in [0.25, 0.3) is 0 Å². The monoisotopic (exact) mass is 270 g/mol. The molecule has 1 N–H and O–H groups in total. The highest BCUT2D eigenvalue weighted by Gasteiger charge is 2.03. The lowest BCUT2D eigenvalue weighted by Crippen LogP contribution is -2.13. The molecule has 0 saturated heterocycles. The third-order valence-corrected chi connectivity index (χ3v) is 2.87. The normalized spacial score (nSPS) is 10.8. The number of aromatic nitrogens is 1. The largest absolute Gasteiger partial charge is 0.445 e. The summed E-state index contributed by atoms with van der Waals surface area (Å²) in [7, 11) is 0. The molecule has 0 fully saturated rings. The number of hydrogen-bond donors (Lipinski definition) is 1. The highest BCUT2D eigenvalue weighted by Crippen LogP contribution is 2.20. The molecule has 1 heterocycles. The Bertz CT molecular complexity index is 511. The van der Waals surface area contributed by atoms with Crippen molar-refractivity contribution in [2.24, 2.45) is 0 Å². The first-order valence-electron chi connectivity index (χ1n) is 5.21. The fourth-order valence-electron chi connectivity index (χ4n) is 1.47. The van der Waals surface area contributed by atoms with Gasteiger partial charge in [0.1, 0.15) is 5.76 Å². The van der Waals surface area contributed by atoms with Crippen molar-refractivity contribution in [3.05, 3.63) is 51.7 Å². The predicted octanol–water partition coefficient (Wildman–Crippen LogP) is 3.58. The molecular weight excluding hydrogens is 259 g/mol.